The van der Waals surface area contributed by atoms with Gasteiger partial charge >= 0.3 is 0 Å². The quantitative estimate of drug-likeness (QED) is 0.678. The van der Waals surface area contributed by atoms with Crippen molar-refractivity contribution in [2.24, 2.45) is 0 Å². The summed E-state index contributed by atoms with van der Waals surface area (Å²) in [6.45, 7) is 2.97. The van der Waals surface area contributed by atoms with Gasteiger partial charge in [0.2, 0.25) is 5.91 Å². The maximum atomic E-state index is 11.9. The number of benzene rings is 2. The Morgan fingerprint density at radius 3 is 2.08 bits per heavy atom. The van der Waals surface area contributed by atoms with Crippen LogP contribution in [0.4, 0.5) is 5.69 Å². The Morgan fingerprint density at radius 2 is 1.54 bits per heavy atom. The number of nitrogens with one attached hydrogen (secondary N) is 1. The van der Waals surface area contributed by atoms with Crippen molar-refractivity contribution in [1.29, 1.82) is 0 Å². The Hall–Kier alpha value is -2.54. The molecule has 1 N–H and O–H groups in total. The number of carbonyl (C=O) groups excluding carboxylic acids is 1. The third-order valence-corrected chi connectivity index (χ3v) is 4.65. The minimum Gasteiger partial charge on any atom is -0.494 e. The molecule has 0 saturated carbocycles. The fourth-order valence-corrected chi connectivity index (χ4v) is 2.86. The second-order valence-electron chi connectivity index (χ2n) is 5.70. The lowest BCUT2D eigenvalue weighted by molar-refractivity contribution is -0.116. The standard InChI is InChI=1S/C19H23NO5S/c1-3-24-16-8-10-17(11-9-16)25-14-4-5-19(21)20-15-6-12-18(13-7-15)26(2,22)23/h6-13H,3-5,14H2,1-2H3,(H,20,21). The lowest BCUT2D eigenvalue weighted by atomic mass is 10.2. The highest BCUT2D eigenvalue weighted by Crippen LogP contribution is 2.18. The largest absolute Gasteiger partial charge is 0.494 e. The molecule has 2 rings (SSSR count). The summed E-state index contributed by atoms with van der Waals surface area (Å²) in [5.74, 6) is 1.37. The number of sulfone groups is 1. The molecule has 0 spiro atoms. The third-order valence-electron chi connectivity index (χ3n) is 3.52. The van der Waals surface area contributed by atoms with Gasteiger partial charge in [-0.25, -0.2) is 8.42 Å². The third kappa shape index (κ3) is 6.40. The number of ether oxygens (including phenoxy) is 2. The Morgan fingerprint density at radius 1 is 0.962 bits per heavy atom. The molecule has 7 heteroatoms. The van der Waals surface area contributed by atoms with Gasteiger partial charge in [-0.2, -0.15) is 0 Å². The SMILES string of the molecule is CCOc1ccc(OCCCC(=O)Nc2ccc(S(C)(=O)=O)cc2)cc1. The van der Waals surface area contributed by atoms with E-state index < -0.39 is 9.84 Å². The van der Waals surface area contributed by atoms with Gasteiger partial charge in [-0.15, -0.1) is 0 Å². The minimum absolute atomic E-state index is 0.146. The van der Waals surface area contributed by atoms with Gasteiger partial charge in [0.05, 0.1) is 18.1 Å². The highest BCUT2D eigenvalue weighted by molar-refractivity contribution is 7.90. The average Bonchev–Trinajstić information content (AvgIpc) is 2.60. The highest BCUT2D eigenvalue weighted by Gasteiger charge is 2.07. The smallest absolute Gasteiger partial charge is 0.224 e. The number of hydrogen-bond donors (Lipinski definition) is 1. The Bertz CT molecular complexity index is 814. The zero-order chi connectivity index (χ0) is 19.0. The number of rotatable bonds is 9. The summed E-state index contributed by atoms with van der Waals surface area (Å²) in [5, 5.41) is 2.73. The van der Waals surface area contributed by atoms with Crippen molar-refractivity contribution in [2.75, 3.05) is 24.8 Å². The molecular formula is C19H23NO5S. The van der Waals surface area contributed by atoms with E-state index in [-0.39, 0.29) is 10.8 Å². The molecule has 0 unspecified atom stereocenters. The van der Waals surface area contributed by atoms with E-state index in [1.807, 2.05) is 31.2 Å². The molecule has 140 valence electrons. The van der Waals surface area contributed by atoms with Gasteiger partial charge < -0.3 is 14.8 Å². The molecule has 0 saturated heterocycles. The van der Waals surface area contributed by atoms with Crippen LogP contribution in [0.25, 0.3) is 0 Å². The van der Waals surface area contributed by atoms with E-state index in [2.05, 4.69) is 5.32 Å². The van der Waals surface area contributed by atoms with Crippen LogP contribution >= 0.6 is 0 Å². The van der Waals surface area contributed by atoms with E-state index in [4.69, 9.17) is 9.47 Å². The fraction of sp³-hybridized carbons (Fsp3) is 0.316. The second-order valence-corrected chi connectivity index (χ2v) is 7.72. The molecule has 0 aromatic heterocycles. The van der Waals surface area contributed by atoms with Crippen molar-refractivity contribution < 1.29 is 22.7 Å². The lowest BCUT2D eigenvalue weighted by Gasteiger charge is -2.08. The van der Waals surface area contributed by atoms with Crippen LogP contribution in [0.2, 0.25) is 0 Å². The zero-order valence-electron chi connectivity index (χ0n) is 14.9. The van der Waals surface area contributed by atoms with E-state index in [0.717, 1.165) is 17.8 Å². The number of anilines is 1. The summed E-state index contributed by atoms with van der Waals surface area (Å²) >= 11 is 0. The van der Waals surface area contributed by atoms with Crippen molar-refractivity contribution >= 4 is 21.4 Å². The molecule has 2 aromatic carbocycles. The normalized spacial score (nSPS) is 11.0. The highest BCUT2D eigenvalue weighted by atomic mass is 32.2. The molecule has 2 aromatic rings. The molecular weight excluding hydrogens is 354 g/mol. The van der Waals surface area contributed by atoms with E-state index >= 15 is 0 Å². The van der Waals surface area contributed by atoms with E-state index in [1.165, 1.54) is 12.1 Å². The van der Waals surface area contributed by atoms with Crippen LogP contribution in [0.3, 0.4) is 0 Å². The monoisotopic (exact) mass is 377 g/mol. The van der Waals surface area contributed by atoms with Crippen molar-refractivity contribution in [3.63, 3.8) is 0 Å². The molecule has 0 aliphatic heterocycles. The topological polar surface area (TPSA) is 81.7 Å². The first-order valence-electron chi connectivity index (χ1n) is 8.34. The van der Waals surface area contributed by atoms with E-state index in [0.29, 0.717) is 31.7 Å². The van der Waals surface area contributed by atoms with Gasteiger partial charge in [0.1, 0.15) is 11.5 Å². The van der Waals surface area contributed by atoms with E-state index in [9.17, 15) is 13.2 Å². The molecule has 0 heterocycles. The summed E-state index contributed by atoms with van der Waals surface area (Å²) in [6.07, 6.45) is 2.02. The van der Waals surface area contributed by atoms with Crippen LogP contribution in [0.1, 0.15) is 19.8 Å². The number of amides is 1. The number of carbonyl (C=O) groups is 1. The summed E-state index contributed by atoms with van der Waals surface area (Å²) in [6, 6.07) is 13.4. The van der Waals surface area contributed by atoms with Crippen molar-refractivity contribution in [2.45, 2.75) is 24.7 Å². The summed E-state index contributed by atoms with van der Waals surface area (Å²) in [5.41, 5.74) is 0.565. The van der Waals surface area contributed by atoms with Gasteiger partial charge in [0.15, 0.2) is 9.84 Å². The average molecular weight is 377 g/mol. The van der Waals surface area contributed by atoms with Crippen LogP contribution in [-0.2, 0) is 14.6 Å². The molecule has 1 amide bonds. The van der Waals surface area contributed by atoms with Crippen molar-refractivity contribution in [3.8, 4) is 11.5 Å². The van der Waals surface area contributed by atoms with Crippen LogP contribution in [0.5, 0.6) is 11.5 Å². The molecule has 6 nitrogen and oxygen atoms in total. The first kappa shape index (κ1) is 19.8. The minimum atomic E-state index is -3.24. The second kappa shape index (κ2) is 9.24. The Labute approximate surface area is 154 Å². The molecule has 0 fully saturated rings. The summed E-state index contributed by atoms with van der Waals surface area (Å²) < 4.78 is 33.8. The Kier molecular flexibility index (Phi) is 7.03. The first-order valence-corrected chi connectivity index (χ1v) is 10.2. The molecule has 0 radical (unpaired) electrons. The predicted molar refractivity (Wildman–Crippen MR) is 101 cm³/mol. The van der Waals surface area contributed by atoms with Crippen LogP contribution < -0.4 is 14.8 Å². The lowest BCUT2D eigenvalue weighted by Crippen LogP contribution is -2.13. The maximum Gasteiger partial charge on any atom is 0.224 e. The predicted octanol–water partition coefficient (Wildman–Crippen LogP) is 3.29. The first-order chi connectivity index (χ1) is 12.4. The Balaban J connectivity index is 1.71. The van der Waals surface area contributed by atoms with Gasteiger partial charge in [0, 0.05) is 18.4 Å². The van der Waals surface area contributed by atoms with Gasteiger partial charge in [0.25, 0.3) is 0 Å². The molecule has 26 heavy (non-hydrogen) atoms. The fourth-order valence-electron chi connectivity index (χ4n) is 2.23. The van der Waals surface area contributed by atoms with Crippen LogP contribution in [-0.4, -0.2) is 33.8 Å². The van der Waals surface area contributed by atoms with Crippen molar-refractivity contribution in [1.82, 2.24) is 0 Å². The molecule has 0 atom stereocenters. The van der Waals surface area contributed by atoms with Gasteiger partial charge in [-0.3, -0.25) is 4.79 Å². The maximum absolute atomic E-state index is 11.9. The van der Waals surface area contributed by atoms with Crippen LogP contribution in [0, 0.1) is 0 Å². The summed E-state index contributed by atoms with van der Waals surface area (Å²) in [4.78, 5) is 12.1. The van der Waals surface area contributed by atoms with Gasteiger partial charge in [-0.1, -0.05) is 0 Å². The van der Waals surface area contributed by atoms with Crippen LogP contribution in [0.15, 0.2) is 53.4 Å². The van der Waals surface area contributed by atoms with Gasteiger partial charge in [-0.05, 0) is 61.9 Å². The zero-order valence-corrected chi connectivity index (χ0v) is 15.7. The molecule has 0 bridgehead atoms. The molecule has 0 aliphatic rings. The molecule has 0 aliphatic carbocycles. The van der Waals surface area contributed by atoms with Crippen molar-refractivity contribution in [3.05, 3.63) is 48.5 Å². The van der Waals surface area contributed by atoms with E-state index in [1.54, 1.807) is 12.1 Å². The number of hydrogen-bond acceptors (Lipinski definition) is 5. The summed E-state index contributed by atoms with van der Waals surface area (Å²) in [7, 11) is -3.24.